The van der Waals surface area contributed by atoms with Crippen molar-refractivity contribution < 1.29 is 18.9 Å². The number of nitrogens with one attached hydrogen (secondary N) is 1. The van der Waals surface area contributed by atoms with Gasteiger partial charge in [0.15, 0.2) is 5.69 Å². The van der Waals surface area contributed by atoms with Gasteiger partial charge in [-0.05, 0) is 47.1 Å². The van der Waals surface area contributed by atoms with Crippen molar-refractivity contribution in [3.05, 3.63) is 41.2 Å². The van der Waals surface area contributed by atoms with E-state index in [0.717, 1.165) is 11.3 Å². The highest BCUT2D eigenvalue weighted by Crippen LogP contribution is 2.18. The largest absolute Gasteiger partial charge is 0.494 e. The number of nitrogen functional groups attached to an aromatic ring is 1. The van der Waals surface area contributed by atoms with E-state index in [1.165, 1.54) is 10.9 Å². The standard InChI is InChI=1S/C19H23N9O4/c1-2-31-14-5-3-13(4-6-14)11-21-23-19(29)16-15(12-27-7-9-30-10-8-27)28(26-22-16)18-17(20)24-32-25-18/h3-6,11H,2,7-10,12H2,1H3,(H2,20,24)(H,23,29)/b21-11+. The van der Waals surface area contributed by atoms with Gasteiger partial charge in [-0.1, -0.05) is 5.21 Å². The predicted molar refractivity (Wildman–Crippen MR) is 112 cm³/mol. The molecule has 1 aliphatic heterocycles. The summed E-state index contributed by atoms with van der Waals surface area (Å²) in [6, 6.07) is 7.33. The molecule has 0 aliphatic carbocycles. The maximum absolute atomic E-state index is 12.8. The van der Waals surface area contributed by atoms with Crippen LogP contribution in [-0.4, -0.2) is 75.2 Å². The molecule has 0 atom stereocenters. The molecule has 0 spiro atoms. The lowest BCUT2D eigenvalue weighted by atomic mass is 10.2. The van der Waals surface area contributed by atoms with Crippen LogP contribution in [0.5, 0.6) is 5.75 Å². The van der Waals surface area contributed by atoms with Crippen molar-refractivity contribution in [3.8, 4) is 11.6 Å². The Bertz CT molecular complexity index is 1070. The van der Waals surface area contributed by atoms with Crippen LogP contribution in [0.25, 0.3) is 5.82 Å². The molecule has 1 amide bonds. The number of benzene rings is 1. The molecule has 1 aliphatic rings. The third kappa shape index (κ3) is 4.90. The Morgan fingerprint density at radius 1 is 1.28 bits per heavy atom. The zero-order valence-corrected chi connectivity index (χ0v) is 17.5. The smallest absolute Gasteiger partial charge is 0.293 e. The molecule has 1 fully saturated rings. The lowest BCUT2D eigenvalue weighted by Gasteiger charge is -2.26. The number of rotatable bonds is 8. The van der Waals surface area contributed by atoms with E-state index in [0.29, 0.717) is 45.1 Å². The molecule has 0 unspecified atom stereocenters. The van der Waals surface area contributed by atoms with E-state index in [1.807, 2.05) is 31.2 Å². The fourth-order valence-electron chi connectivity index (χ4n) is 3.13. The van der Waals surface area contributed by atoms with Crippen LogP contribution in [0.3, 0.4) is 0 Å². The third-order valence-corrected chi connectivity index (χ3v) is 4.72. The predicted octanol–water partition coefficient (Wildman–Crippen LogP) is 0.227. The Labute approximate surface area is 183 Å². The Morgan fingerprint density at radius 2 is 2.06 bits per heavy atom. The molecule has 13 nitrogen and oxygen atoms in total. The fourth-order valence-corrected chi connectivity index (χ4v) is 3.13. The number of carbonyl (C=O) groups is 1. The molecule has 3 heterocycles. The molecule has 0 radical (unpaired) electrons. The monoisotopic (exact) mass is 441 g/mol. The normalized spacial score (nSPS) is 14.7. The molecular weight excluding hydrogens is 418 g/mol. The van der Waals surface area contributed by atoms with Crippen molar-refractivity contribution in [2.24, 2.45) is 5.10 Å². The van der Waals surface area contributed by atoms with E-state index in [4.69, 9.17) is 15.2 Å². The van der Waals surface area contributed by atoms with Gasteiger partial charge in [0.25, 0.3) is 5.91 Å². The Kier molecular flexibility index (Phi) is 6.67. The van der Waals surface area contributed by atoms with E-state index < -0.39 is 5.91 Å². The number of nitrogens with zero attached hydrogens (tertiary/aromatic N) is 7. The molecule has 3 N–H and O–H groups in total. The molecular formula is C19H23N9O4. The van der Waals surface area contributed by atoms with Crippen LogP contribution in [0.15, 0.2) is 34.0 Å². The molecule has 2 aromatic heterocycles. The van der Waals surface area contributed by atoms with Crippen molar-refractivity contribution in [1.29, 1.82) is 0 Å². The van der Waals surface area contributed by atoms with Crippen LogP contribution >= 0.6 is 0 Å². The van der Waals surface area contributed by atoms with E-state index in [2.05, 4.69) is 40.7 Å². The number of anilines is 1. The second kappa shape index (κ2) is 9.98. The summed E-state index contributed by atoms with van der Waals surface area (Å²) in [6.45, 7) is 5.50. The second-order valence-electron chi connectivity index (χ2n) is 6.86. The van der Waals surface area contributed by atoms with Gasteiger partial charge in [-0.2, -0.15) is 9.78 Å². The van der Waals surface area contributed by atoms with E-state index >= 15 is 0 Å². The van der Waals surface area contributed by atoms with Gasteiger partial charge in [-0.25, -0.2) is 10.1 Å². The molecule has 1 aromatic carbocycles. The maximum atomic E-state index is 12.8. The van der Waals surface area contributed by atoms with Gasteiger partial charge < -0.3 is 15.2 Å². The van der Waals surface area contributed by atoms with Gasteiger partial charge in [0.05, 0.1) is 31.7 Å². The minimum absolute atomic E-state index is 0.0404. The Hall–Kier alpha value is -3.84. The van der Waals surface area contributed by atoms with Crippen LogP contribution < -0.4 is 15.9 Å². The zero-order chi connectivity index (χ0) is 22.3. The number of amides is 1. The minimum atomic E-state index is -0.517. The lowest BCUT2D eigenvalue weighted by Crippen LogP contribution is -2.37. The molecule has 13 heteroatoms. The molecule has 3 aromatic rings. The zero-order valence-electron chi connectivity index (χ0n) is 17.5. The average molecular weight is 441 g/mol. The quantitative estimate of drug-likeness (QED) is 0.366. The molecule has 0 bridgehead atoms. The molecule has 32 heavy (non-hydrogen) atoms. The number of hydrogen-bond donors (Lipinski definition) is 2. The van der Waals surface area contributed by atoms with Gasteiger partial charge in [-0.3, -0.25) is 9.69 Å². The van der Waals surface area contributed by atoms with Crippen molar-refractivity contribution in [2.45, 2.75) is 13.5 Å². The first-order chi connectivity index (χ1) is 15.7. The van der Waals surface area contributed by atoms with Crippen LogP contribution in [0.4, 0.5) is 5.82 Å². The first-order valence-corrected chi connectivity index (χ1v) is 10.0. The summed E-state index contributed by atoms with van der Waals surface area (Å²) in [5, 5.41) is 19.4. The first kappa shape index (κ1) is 21.4. The molecule has 4 rings (SSSR count). The number of aromatic nitrogens is 5. The summed E-state index contributed by atoms with van der Waals surface area (Å²) in [5.41, 5.74) is 9.69. The van der Waals surface area contributed by atoms with E-state index in [9.17, 15) is 4.79 Å². The van der Waals surface area contributed by atoms with Crippen LogP contribution in [0, 0.1) is 0 Å². The Balaban J connectivity index is 1.51. The fraction of sp³-hybridized carbons (Fsp3) is 0.368. The molecule has 0 saturated carbocycles. The van der Waals surface area contributed by atoms with Crippen molar-refractivity contribution in [2.75, 3.05) is 38.6 Å². The second-order valence-corrected chi connectivity index (χ2v) is 6.86. The third-order valence-electron chi connectivity index (χ3n) is 4.72. The number of nitrogens with two attached hydrogens (primary N) is 1. The molecule has 168 valence electrons. The highest BCUT2D eigenvalue weighted by Gasteiger charge is 2.26. The summed E-state index contributed by atoms with van der Waals surface area (Å²) in [6.07, 6.45) is 1.53. The van der Waals surface area contributed by atoms with Gasteiger partial charge >= 0.3 is 0 Å². The van der Waals surface area contributed by atoms with Gasteiger partial charge in [0, 0.05) is 19.6 Å². The highest BCUT2D eigenvalue weighted by molar-refractivity contribution is 5.94. The van der Waals surface area contributed by atoms with Gasteiger partial charge in [-0.15, -0.1) is 5.10 Å². The number of hydrazone groups is 1. The summed E-state index contributed by atoms with van der Waals surface area (Å²) < 4.78 is 16.8. The van der Waals surface area contributed by atoms with Gasteiger partial charge in [0.1, 0.15) is 5.75 Å². The molecule has 1 saturated heterocycles. The van der Waals surface area contributed by atoms with Crippen LogP contribution in [-0.2, 0) is 11.3 Å². The van der Waals surface area contributed by atoms with Crippen LogP contribution in [0.1, 0.15) is 28.7 Å². The summed E-state index contributed by atoms with van der Waals surface area (Å²) in [4.78, 5) is 14.9. The minimum Gasteiger partial charge on any atom is -0.494 e. The Morgan fingerprint density at radius 3 is 2.75 bits per heavy atom. The topological polar surface area (TPSA) is 159 Å². The summed E-state index contributed by atoms with van der Waals surface area (Å²) >= 11 is 0. The van der Waals surface area contributed by atoms with Crippen LogP contribution in [0.2, 0.25) is 0 Å². The maximum Gasteiger partial charge on any atom is 0.293 e. The van der Waals surface area contributed by atoms with Crippen molar-refractivity contribution in [3.63, 3.8) is 0 Å². The number of hydrogen-bond acceptors (Lipinski definition) is 11. The van der Waals surface area contributed by atoms with E-state index in [1.54, 1.807) is 0 Å². The lowest BCUT2D eigenvalue weighted by molar-refractivity contribution is 0.0332. The highest BCUT2D eigenvalue weighted by atomic mass is 16.6. The number of carbonyl (C=O) groups excluding carboxylic acids is 1. The number of ether oxygens (including phenoxy) is 2. The summed E-state index contributed by atoms with van der Waals surface area (Å²) in [7, 11) is 0. The van der Waals surface area contributed by atoms with Crippen molar-refractivity contribution >= 4 is 17.9 Å². The number of morpholine rings is 1. The van der Waals surface area contributed by atoms with Crippen molar-refractivity contribution in [1.82, 2.24) is 35.6 Å². The first-order valence-electron chi connectivity index (χ1n) is 10.0. The summed E-state index contributed by atoms with van der Waals surface area (Å²) in [5.74, 6) is 0.452. The average Bonchev–Trinajstić information content (AvgIpc) is 3.41. The SMILES string of the molecule is CCOc1ccc(/C=N/NC(=O)c2nnn(-c3nonc3N)c2CN2CCOCC2)cc1. The van der Waals surface area contributed by atoms with E-state index in [-0.39, 0.29) is 17.3 Å². The van der Waals surface area contributed by atoms with Gasteiger partial charge in [0.2, 0.25) is 11.6 Å².